The van der Waals surface area contributed by atoms with Gasteiger partial charge in [0.1, 0.15) is 11.6 Å². The predicted molar refractivity (Wildman–Crippen MR) is 88.6 cm³/mol. The molecule has 1 aromatic rings. The summed E-state index contributed by atoms with van der Waals surface area (Å²) < 4.78 is 11.1. The van der Waals surface area contributed by atoms with E-state index in [0.29, 0.717) is 17.7 Å². The first-order valence-electron chi connectivity index (χ1n) is 7.83. The standard InChI is InChI=1S/C15H24N4O4S/c1-15(2,3)23-14(21)19-8-6-7-10(19)12-16-17-13(22-12)24-9-11(20)18(4)5/h10H,6-9H2,1-5H3/t10-/m0/s1. The Morgan fingerprint density at radius 1 is 1.38 bits per heavy atom. The molecule has 2 rings (SSSR count). The van der Waals surface area contributed by atoms with Gasteiger partial charge in [-0.15, -0.1) is 10.2 Å². The molecule has 2 heterocycles. The van der Waals surface area contributed by atoms with Gasteiger partial charge in [-0.2, -0.15) is 0 Å². The third-order valence-electron chi connectivity index (χ3n) is 3.41. The Morgan fingerprint density at radius 2 is 2.08 bits per heavy atom. The van der Waals surface area contributed by atoms with Gasteiger partial charge >= 0.3 is 6.09 Å². The molecule has 1 aliphatic rings. The Morgan fingerprint density at radius 3 is 2.71 bits per heavy atom. The topological polar surface area (TPSA) is 88.8 Å². The molecule has 0 bridgehead atoms. The average molecular weight is 356 g/mol. The molecule has 9 heteroatoms. The van der Waals surface area contributed by atoms with Crippen molar-refractivity contribution < 1.29 is 18.7 Å². The van der Waals surface area contributed by atoms with Crippen LogP contribution in [0.5, 0.6) is 0 Å². The summed E-state index contributed by atoms with van der Waals surface area (Å²) in [7, 11) is 3.39. The van der Waals surface area contributed by atoms with Crippen molar-refractivity contribution in [3.63, 3.8) is 0 Å². The fraction of sp³-hybridized carbons (Fsp3) is 0.733. The van der Waals surface area contributed by atoms with Gasteiger partial charge < -0.3 is 14.1 Å². The number of aromatic nitrogens is 2. The molecule has 1 atom stereocenters. The summed E-state index contributed by atoms with van der Waals surface area (Å²) in [6.45, 7) is 6.10. The fourth-order valence-corrected chi connectivity index (χ4v) is 2.98. The molecule has 0 aromatic carbocycles. The van der Waals surface area contributed by atoms with E-state index in [9.17, 15) is 9.59 Å². The molecule has 1 fully saturated rings. The average Bonchev–Trinajstić information content (AvgIpc) is 3.11. The highest BCUT2D eigenvalue weighted by Gasteiger charge is 2.36. The summed E-state index contributed by atoms with van der Waals surface area (Å²) in [4.78, 5) is 27.0. The highest BCUT2D eigenvalue weighted by Crippen LogP contribution is 2.33. The van der Waals surface area contributed by atoms with Crippen molar-refractivity contribution in [2.45, 2.75) is 50.5 Å². The zero-order valence-electron chi connectivity index (χ0n) is 14.7. The Labute approximate surface area is 145 Å². The smallest absolute Gasteiger partial charge is 0.410 e. The lowest BCUT2D eigenvalue weighted by Gasteiger charge is -2.27. The summed E-state index contributed by atoms with van der Waals surface area (Å²) >= 11 is 1.19. The zero-order valence-corrected chi connectivity index (χ0v) is 15.6. The van der Waals surface area contributed by atoms with Gasteiger partial charge in [0.15, 0.2) is 0 Å². The highest BCUT2D eigenvalue weighted by atomic mass is 32.2. The highest BCUT2D eigenvalue weighted by molar-refractivity contribution is 7.99. The number of carbonyl (C=O) groups is 2. The minimum atomic E-state index is -0.549. The van der Waals surface area contributed by atoms with Gasteiger partial charge in [0.2, 0.25) is 11.8 Å². The van der Waals surface area contributed by atoms with Crippen LogP contribution < -0.4 is 0 Å². The van der Waals surface area contributed by atoms with Crippen molar-refractivity contribution in [3.05, 3.63) is 5.89 Å². The molecule has 134 valence electrons. The van der Waals surface area contributed by atoms with Crippen LogP contribution in [0.2, 0.25) is 0 Å². The summed E-state index contributed by atoms with van der Waals surface area (Å²) in [5.41, 5.74) is -0.549. The lowest BCUT2D eigenvalue weighted by Crippen LogP contribution is -2.36. The minimum absolute atomic E-state index is 0.0315. The number of amides is 2. The molecule has 0 radical (unpaired) electrons. The Hall–Kier alpha value is -1.77. The minimum Gasteiger partial charge on any atom is -0.444 e. The molecular formula is C15H24N4O4S. The van der Waals surface area contributed by atoms with Crippen molar-refractivity contribution in [1.82, 2.24) is 20.0 Å². The van der Waals surface area contributed by atoms with Crippen LogP contribution in [0, 0.1) is 0 Å². The summed E-state index contributed by atoms with van der Waals surface area (Å²) in [6.07, 6.45) is 1.23. The number of rotatable bonds is 4. The number of thioether (sulfide) groups is 1. The van der Waals surface area contributed by atoms with Crippen LogP contribution in [0.15, 0.2) is 9.64 Å². The van der Waals surface area contributed by atoms with Gasteiger partial charge in [0, 0.05) is 20.6 Å². The fourth-order valence-electron chi connectivity index (χ4n) is 2.23. The van der Waals surface area contributed by atoms with Crippen LogP contribution in [-0.4, -0.2) is 64.0 Å². The van der Waals surface area contributed by atoms with Gasteiger partial charge in [-0.1, -0.05) is 11.8 Å². The molecule has 0 N–H and O–H groups in total. The third kappa shape index (κ3) is 4.86. The first-order valence-corrected chi connectivity index (χ1v) is 8.82. The first kappa shape index (κ1) is 18.6. The van der Waals surface area contributed by atoms with Gasteiger partial charge in [-0.25, -0.2) is 4.79 Å². The summed E-state index contributed by atoms with van der Waals surface area (Å²) in [5.74, 6) is 0.587. The number of nitrogens with zero attached hydrogens (tertiary/aromatic N) is 4. The normalized spacial score (nSPS) is 17.9. The molecule has 1 aromatic heterocycles. The molecule has 0 spiro atoms. The number of likely N-dealkylation sites (tertiary alicyclic amines) is 1. The van der Waals surface area contributed by atoms with E-state index in [1.54, 1.807) is 19.0 Å². The summed E-state index contributed by atoms with van der Waals surface area (Å²) in [5, 5.41) is 8.33. The molecule has 0 unspecified atom stereocenters. The van der Waals surface area contributed by atoms with E-state index in [-0.39, 0.29) is 23.8 Å². The van der Waals surface area contributed by atoms with Crippen molar-refractivity contribution in [2.24, 2.45) is 0 Å². The molecule has 2 amide bonds. The van der Waals surface area contributed by atoms with Crippen molar-refractivity contribution >= 4 is 23.8 Å². The maximum Gasteiger partial charge on any atom is 0.410 e. The first-order chi connectivity index (χ1) is 11.2. The zero-order chi connectivity index (χ0) is 17.9. The van der Waals surface area contributed by atoms with Gasteiger partial charge in [0.25, 0.3) is 5.22 Å². The quantitative estimate of drug-likeness (QED) is 0.765. The van der Waals surface area contributed by atoms with E-state index in [1.807, 2.05) is 20.8 Å². The number of carbonyl (C=O) groups excluding carboxylic acids is 2. The maximum atomic E-state index is 12.3. The second-order valence-corrected chi connectivity index (χ2v) is 7.74. The predicted octanol–water partition coefficient (Wildman–Crippen LogP) is 2.32. The van der Waals surface area contributed by atoms with Gasteiger partial charge in [-0.3, -0.25) is 9.69 Å². The second-order valence-electron chi connectivity index (χ2n) is 6.81. The lowest BCUT2D eigenvalue weighted by molar-refractivity contribution is -0.125. The van der Waals surface area contributed by atoms with Crippen LogP contribution in [-0.2, 0) is 9.53 Å². The summed E-state index contributed by atoms with van der Waals surface area (Å²) in [6, 6.07) is -0.272. The number of hydrogen-bond donors (Lipinski definition) is 0. The van der Waals surface area contributed by atoms with Crippen LogP contribution in [0.4, 0.5) is 4.79 Å². The van der Waals surface area contributed by atoms with E-state index >= 15 is 0 Å². The number of hydrogen-bond acceptors (Lipinski definition) is 7. The van der Waals surface area contributed by atoms with Crippen LogP contribution in [0.25, 0.3) is 0 Å². The SMILES string of the molecule is CN(C)C(=O)CSc1nnc([C@@H]2CCCN2C(=O)OC(C)(C)C)o1. The molecular weight excluding hydrogens is 332 g/mol. The van der Waals surface area contributed by atoms with Crippen LogP contribution in [0.3, 0.4) is 0 Å². The van der Waals surface area contributed by atoms with E-state index in [4.69, 9.17) is 9.15 Å². The Kier molecular flexibility index (Phi) is 5.74. The largest absolute Gasteiger partial charge is 0.444 e. The molecule has 24 heavy (non-hydrogen) atoms. The monoisotopic (exact) mass is 356 g/mol. The molecule has 0 saturated carbocycles. The van der Waals surface area contributed by atoms with Crippen LogP contribution >= 0.6 is 11.8 Å². The van der Waals surface area contributed by atoms with Crippen LogP contribution in [0.1, 0.15) is 45.5 Å². The Balaban J connectivity index is 2.00. The molecule has 0 aliphatic carbocycles. The molecule has 1 saturated heterocycles. The lowest BCUT2D eigenvalue weighted by atomic mass is 10.2. The van der Waals surface area contributed by atoms with Crippen molar-refractivity contribution in [1.29, 1.82) is 0 Å². The van der Waals surface area contributed by atoms with E-state index < -0.39 is 5.60 Å². The van der Waals surface area contributed by atoms with E-state index in [2.05, 4.69) is 10.2 Å². The third-order valence-corrected chi connectivity index (χ3v) is 4.21. The molecule has 8 nitrogen and oxygen atoms in total. The van der Waals surface area contributed by atoms with Crippen molar-refractivity contribution in [2.75, 3.05) is 26.4 Å². The van der Waals surface area contributed by atoms with Gasteiger partial charge in [-0.05, 0) is 33.6 Å². The molecule has 1 aliphatic heterocycles. The van der Waals surface area contributed by atoms with Gasteiger partial charge in [0.05, 0.1) is 5.75 Å². The van der Waals surface area contributed by atoms with E-state index in [0.717, 1.165) is 12.8 Å². The Bertz CT molecular complexity index is 597. The number of ether oxygens (including phenoxy) is 1. The second kappa shape index (κ2) is 7.42. The maximum absolute atomic E-state index is 12.3. The van der Waals surface area contributed by atoms with Crippen molar-refractivity contribution in [3.8, 4) is 0 Å². The van der Waals surface area contributed by atoms with E-state index in [1.165, 1.54) is 16.7 Å².